The molecular weight excluding hydrogens is 287 g/mol. The van der Waals surface area contributed by atoms with E-state index in [1.807, 2.05) is 14.1 Å². The van der Waals surface area contributed by atoms with Gasteiger partial charge >= 0.3 is 0 Å². The van der Waals surface area contributed by atoms with Gasteiger partial charge in [0.2, 0.25) is 0 Å². The molecule has 0 fully saturated rings. The lowest BCUT2D eigenvalue weighted by molar-refractivity contribution is -0.123. The molecule has 106 valence electrons. The van der Waals surface area contributed by atoms with E-state index in [1.54, 1.807) is 18.2 Å². The summed E-state index contributed by atoms with van der Waals surface area (Å²) >= 11 is 11.7. The predicted molar refractivity (Wildman–Crippen MR) is 78.1 cm³/mol. The number of rotatable bonds is 7. The third-order valence-electron chi connectivity index (χ3n) is 2.36. The fraction of sp³-hybridized carbons (Fsp3) is 0.462. The van der Waals surface area contributed by atoms with Crippen LogP contribution in [0.2, 0.25) is 10.0 Å². The van der Waals surface area contributed by atoms with Crippen LogP contribution in [0.4, 0.5) is 0 Å². The molecular formula is C13H18Cl2N2O2. The van der Waals surface area contributed by atoms with Crippen LogP contribution in [0.3, 0.4) is 0 Å². The van der Waals surface area contributed by atoms with Gasteiger partial charge in [-0.2, -0.15) is 0 Å². The molecule has 0 saturated heterocycles. The van der Waals surface area contributed by atoms with Gasteiger partial charge in [0.05, 0.1) is 5.02 Å². The van der Waals surface area contributed by atoms with Gasteiger partial charge in [-0.05, 0) is 39.2 Å². The van der Waals surface area contributed by atoms with Crippen LogP contribution < -0.4 is 10.1 Å². The maximum atomic E-state index is 11.5. The van der Waals surface area contributed by atoms with Crippen LogP contribution in [0.25, 0.3) is 0 Å². The predicted octanol–water partition coefficient (Wildman–Crippen LogP) is 2.44. The van der Waals surface area contributed by atoms with Gasteiger partial charge in [-0.15, -0.1) is 0 Å². The third-order valence-corrected chi connectivity index (χ3v) is 2.90. The number of hydrogen-bond donors (Lipinski definition) is 1. The van der Waals surface area contributed by atoms with Crippen LogP contribution in [-0.4, -0.2) is 44.6 Å². The Labute approximate surface area is 123 Å². The van der Waals surface area contributed by atoms with Crippen molar-refractivity contribution in [2.45, 2.75) is 6.42 Å². The monoisotopic (exact) mass is 304 g/mol. The molecule has 0 aromatic heterocycles. The van der Waals surface area contributed by atoms with E-state index >= 15 is 0 Å². The maximum Gasteiger partial charge on any atom is 0.257 e. The molecule has 1 aromatic carbocycles. The van der Waals surface area contributed by atoms with Crippen molar-refractivity contribution in [1.29, 1.82) is 0 Å². The molecule has 6 heteroatoms. The van der Waals surface area contributed by atoms with Crippen molar-refractivity contribution in [1.82, 2.24) is 10.2 Å². The lowest BCUT2D eigenvalue weighted by atomic mass is 10.3. The average Bonchev–Trinajstić information content (AvgIpc) is 2.35. The molecule has 0 unspecified atom stereocenters. The second kappa shape index (κ2) is 8.25. The topological polar surface area (TPSA) is 41.6 Å². The number of nitrogens with zero attached hydrogens (tertiary/aromatic N) is 1. The molecule has 0 aliphatic carbocycles. The summed E-state index contributed by atoms with van der Waals surface area (Å²) < 4.78 is 5.32. The van der Waals surface area contributed by atoms with Gasteiger partial charge in [0.15, 0.2) is 6.61 Å². The largest absolute Gasteiger partial charge is 0.482 e. The molecule has 1 N–H and O–H groups in total. The number of ether oxygens (including phenoxy) is 1. The Bertz CT molecular complexity index is 425. The SMILES string of the molecule is CN(C)CCCNC(=O)COc1cc(Cl)ccc1Cl. The van der Waals surface area contributed by atoms with Gasteiger partial charge in [0.1, 0.15) is 5.75 Å². The van der Waals surface area contributed by atoms with E-state index in [2.05, 4.69) is 10.2 Å². The van der Waals surface area contributed by atoms with Gasteiger partial charge in [-0.3, -0.25) is 4.79 Å². The van der Waals surface area contributed by atoms with Crippen LogP contribution >= 0.6 is 23.2 Å². The Morgan fingerprint density at radius 2 is 2.11 bits per heavy atom. The van der Waals surface area contributed by atoms with Crippen molar-refractivity contribution in [3.05, 3.63) is 28.2 Å². The maximum absolute atomic E-state index is 11.5. The first-order valence-corrected chi connectivity index (χ1v) is 6.74. The number of carbonyl (C=O) groups is 1. The van der Waals surface area contributed by atoms with E-state index < -0.39 is 0 Å². The Morgan fingerprint density at radius 1 is 1.37 bits per heavy atom. The fourth-order valence-electron chi connectivity index (χ4n) is 1.41. The van der Waals surface area contributed by atoms with E-state index in [1.165, 1.54) is 0 Å². The molecule has 0 saturated carbocycles. The van der Waals surface area contributed by atoms with Crippen molar-refractivity contribution in [3.63, 3.8) is 0 Å². The summed E-state index contributed by atoms with van der Waals surface area (Å²) in [5.74, 6) is 0.243. The molecule has 0 bridgehead atoms. The first kappa shape index (κ1) is 16.1. The van der Waals surface area contributed by atoms with Gasteiger partial charge in [-0.1, -0.05) is 23.2 Å². The minimum atomic E-state index is -0.171. The van der Waals surface area contributed by atoms with Gasteiger partial charge in [0, 0.05) is 17.6 Å². The normalized spacial score (nSPS) is 10.6. The lowest BCUT2D eigenvalue weighted by Gasteiger charge is -2.11. The zero-order valence-corrected chi connectivity index (χ0v) is 12.6. The van der Waals surface area contributed by atoms with Crippen LogP contribution in [0, 0.1) is 0 Å². The van der Waals surface area contributed by atoms with E-state index in [0.717, 1.165) is 13.0 Å². The highest BCUT2D eigenvalue weighted by atomic mass is 35.5. The van der Waals surface area contributed by atoms with Crippen LogP contribution in [0.5, 0.6) is 5.75 Å². The van der Waals surface area contributed by atoms with E-state index in [9.17, 15) is 4.79 Å². The average molecular weight is 305 g/mol. The van der Waals surface area contributed by atoms with Crippen molar-refractivity contribution in [2.24, 2.45) is 0 Å². The number of carbonyl (C=O) groups excluding carboxylic acids is 1. The first-order chi connectivity index (χ1) is 8.99. The molecule has 0 atom stereocenters. The molecule has 4 nitrogen and oxygen atoms in total. The van der Waals surface area contributed by atoms with Crippen LogP contribution in [0.15, 0.2) is 18.2 Å². The number of halogens is 2. The van der Waals surface area contributed by atoms with Crippen LogP contribution in [0.1, 0.15) is 6.42 Å². The highest BCUT2D eigenvalue weighted by molar-refractivity contribution is 6.34. The molecule has 1 amide bonds. The van der Waals surface area contributed by atoms with Gasteiger partial charge in [-0.25, -0.2) is 0 Å². The Morgan fingerprint density at radius 3 is 2.79 bits per heavy atom. The van der Waals surface area contributed by atoms with E-state index in [-0.39, 0.29) is 12.5 Å². The summed E-state index contributed by atoms with van der Waals surface area (Å²) in [5.41, 5.74) is 0. The molecule has 0 radical (unpaired) electrons. The zero-order chi connectivity index (χ0) is 14.3. The summed E-state index contributed by atoms with van der Waals surface area (Å²) in [4.78, 5) is 13.6. The minimum absolute atomic E-state index is 0.0674. The zero-order valence-electron chi connectivity index (χ0n) is 11.1. The minimum Gasteiger partial charge on any atom is -0.482 e. The Kier molecular flexibility index (Phi) is 6.99. The highest BCUT2D eigenvalue weighted by Gasteiger charge is 2.06. The molecule has 0 heterocycles. The second-order valence-electron chi connectivity index (χ2n) is 4.37. The smallest absolute Gasteiger partial charge is 0.257 e. The number of benzene rings is 1. The standard InChI is InChI=1S/C13H18Cl2N2O2/c1-17(2)7-3-6-16-13(18)9-19-12-8-10(14)4-5-11(12)15/h4-5,8H,3,6-7,9H2,1-2H3,(H,16,18). The molecule has 0 aliphatic rings. The Balaban J connectivity index is 2.28. The quantitative estimate of drug-likeness (QED) is 0.787. The van der Waals surface area contributed by atoms with Crippen LogP contribution in [-0.2, 0) is 4.79 Å². The third kappa shape index (κ3) is 6.66. The van der Waals surface area contributed by atoms with Crippen molar-refractivity contribution >= 4 is 29.1 Å². The van der Waals surface area contributed by atoms with Crippen molar-refractivity contribution < 1.29 is 9.53 Å². The molecule has 1 rings (SSSR count). The molecule has 0 aliphatic heterocycles. The Hall–Kier alpha value is -0.970. The lowest BCUT2D eigenvalue weighted by Crippen LogP contribution is -2.31. The van der Waals surface area contributed by atoms with E-state index in [0.29, 0.717) is 22.3 Å². The summed E-state index contributed by atoms with van der Waals surface area (Å²) in [7, 11) is 3.98. The number of amides is 1. The molecule has 0 spiro atoms. The van der Waals surface area contributed by atoms with Gasteiger partial charge in [0.25, 0.3) is 5.91 Å². The second-order valence-corrected chi connectivity index (χ2v) is 5.21. The van der Waals surface area contributed by atoms with Crippen molar-refractivity contribution in [2.75, 3.05) is 33.8 Å². The fourth-order valence-corrected chi connectivity index (χ4v) is 1.74. The summed E-state index contributed by atoms with van der Waals surface area (Å²) in [5, 5.41) is 3.73. The summed E-state index contributed by atoms with van der Waals surface area (Å²) in [6, 6.07) is 4.88. The first-order valence-electron chi connectivity index (χ1n) is 5.98. The number of nitrogens with one attached hydrogen (secondary N) is 1. The molecule has 19 heavy (non-hydrogen) atoms. The highest BCUT2D eigenvalue weighted by Crippen LogP contribution is 2.27. The summed E-state index contributed by atoms with van der Waals surface area (Å²) in [6.45, 7) is 1.49. The molecule has 1 aromatic rings. The van der Waals surface area contributed by atoms with Crippen molar-refractivity contribution in [3.8, 4) is 5.75 Å². The van der Waals surface area contributed by atoms with E-state index in [4.69, 9.17) is 27.9 Å². The number of hydrogen-bond acceptors (Lipinski definition) is 3. The van der Waals surface area contributed by atoms with Gasteiger partial charge < -0.3 is 15.0 Å². The summed E-state index contributed by atoms with van der Waals surface area (Å²) in [6.07, 6.45) is 0.899.